The molecular formula is C16H20F3N5. The molecule has 8 heteroatoms. The van der Waals surface area contributed by atoms with Crippen molar-refractivity contribution in [2.45, 2.75) is 19.1 Å². The molecule has 0 saturated carbocycles. The monoisotopic (exact) mass is 339 g/mol. The largest absolute Gasteiger partial charge is 0.433 e. The predicted molar refractivity (Wildman–Crippen MR) is 89.4 cm³/mol. The lowest BCUT2D eigenvalue weighted by Crippen LogP contribution is -2.26. The summed E-state index contributed by atoms with van der Waals surface area (Å²) in [6, 6.07) is 10.5. The first kappa shape index (κ1) is 17.8. The van der Waals surface area contributed by atoms with Crippen molar-refractivity contribution in [2.24, 2.45) is 0 Å². The Morgan fingerprint density at radius 3 is 2.38 bits per heavy atom. The molecule has 0 saturated heterocycles. The summed E-state index contributed by atoms with van der Waals surface area (Å²) < 4.78 is 38.8. The van der Waals surface area contributed by atoms with Crippen molar-refractivity contribution in [1.82, 2.24) is 9.97 Å². The molecule has 24 heavy (non-hydrogen) atoms. The number of hydrogen-bond acceptors (Lipinski definition) is 5. The number of aromatic nitrogens is 2. The highest BCUT2D eigenvalue weighted by atomic mass is 19.4. The van der Waals surface area contributed by atoms with Crippen molar-refractivity contribution in [3.8, 4) is 0 Å². The molecule has 1 aromatic heterocycles. The van der Waals surface area contributed by atoms with Crippen molar-refractivity contribution in [3.63, 3.8) is 0 Å². The Hall–Kier alpha value is -2.51. The van der Waals surface area contributed by atoms with E-state index >= 15 is 0 Å². The topological polar surface area (TPSA) is 53.1 Å². The van der Waals surface area contributed by atoms with E-state index in [0.717, 1.165) is 11.8 Å². The summed E-state index contributed by atoms with van der Waals surface area (Å²) in [5.74, 6) is 0.152. The van der Waals surface area contributed by atoms with Gasteiger partial charge in [-0.05, 0) is 19.1 Å². The lowest BCUT2D eigenvalue weighted by atomic mass is 10.2. The van der Waals surface area contributed by atoms with Crippen LogP contribution in [0, 0.1) is 0 Å². The average Bonchev–Trinajstić information content (AvgIpc) is 2.53. The maximum atomic E-state index is 12.9. The number of nitrogens with zero attached hydrogens (tertiary/aromatic N) is 3. The van der Waals surface area contributed by atoms with Crippen molar-refractivity contribution < 1.29 is 13.2 Å². The normalized spacial score (nSPS) is 12.6. The van der Waals surface area contributed by atoms with Crippen molar-refractivity contribution >= 4 is 17.5 Å². The molecule has 0 fully saturated rings. The quantitative estimate of drug-likeness (QED) is 0.844. The zero-order valence-corrected chi connectivity index (χ0v) is 13.7. The number of halogens is 3. The SMILES string of the molecule is CC(CNc1nc(N(C)C)cc(C(F)(F)F)n1)Nc1ccccc1. The van der Waals surface area contributed by atoms with Crippen LogP contribution in [0.3, 0.4) is 0 Å². The van der Waals surface area contributed by atoms with Gasteiger partial charge < -0.3 is 15.5 Å². The molecule has 0 radical (unpaired) electrons. The molecule has 0 aliphatic rings. The van der Waals surface area contributed by atoms with Crippen LogP contribution in [0.25, 0.3) is 0 Å². The molecule has 0 amide bonds. The van der Waals surface area contributed by atoms with Crippen LogP contribution in [0.4, 0.5) is 30.6 Å². The van der Waals surface area contributed by atoms with E-state index in [1.807, 2.05) is 37.3 Å². The number of benzene rings is 1. The first-order chi connectivity index (χ1) is 11.3. The average molecular weight is 339 g/mol. The summed E-state index contributed by atoms with van der Waals surface area (Å²) in [4.78, 5) is 9.17. The third-order valence-electron chi connectivity index (χ3n) is 3.21. The lowest BCUT2D eigenvalue weighted by Gasteiger charge is -2.18. The van der Waals surface area contributed by atoms with Gasteiger partial charge in [0, 0.05) is 38.4 Å². The van der Waals surface area contributed by atoms with Gasteiger partial charge in [0.25, 0.3) is 0 Å². The summed E-state index contributed by atoms with van der Waals surface area (Å²) in [5.41, 5.74) is -0.0295. The van der Waals surface area contributed by atoms with Gasteiger partial charge in [0.05, 0.1) is 0 Å². The van der Waals surface area contributed by atoms with Crippen molar-refractivity contribution in [1.29, 1.82) is 0 Å². The summed E-state index contributed by atoms with van der Waals surface area (Å²) in [6.45, 7) is 2.30. The lowest BCUT2D eigenvalue weighted by molar-refractivity contribution is -0.141. The molecular weight excluding hydrogens is 319 g/mol. The van der Waals surface area contributed by atoms with E-state index in [1.165, 1.54) is 4.90 Å². The molecule has 1 atom stereocenters. The molecule has 2 N–H and O–H groups in total. The Labute approximate surface area is 138 Å². The summed E-state index contributed by atoms with van der Waals surface area (Å²) in [5, 5.41) is 6.10. The van der Waals surface area contributed by atoms with Crippen LogP contribution in [0.1, 0.15) is 12.6 Å². The minimum Gasteiger partial charge on any atom is -0.381 e. The van der Waals surface area contributed by atoms with Gasteiger partial charge in [-0.3, -0.25) is 0 Å². The standard InChI is InChI=1S/C16H20F3N5/c1-11(21-12-7-5-4-6-8-12)10-20-15-22-13(16(17,18)19)9-14(23-15)24(2)3/h4-9,11,21H,10H2,1-3H3,(H,20,22,23). The molecule has 130 valence electrons. The molecule has 2 rings (SSSR count). The number of rotatable bonds is 6. The second-order valence-electron chi connectivity index (χ2n) is 5.62. The highest BCUT2D eigenvalue weighted by Gasteiger charge is 2.34. The number of hydrogen-bond donors (Lipinski definition) is 2. The maximum Gasteiger partial charge on any atom is 0.433 e. The minimum atomic E-state index is -4.52. The van der Waals surface area contributed by atoms with E-state index < -0.39 is 11.9 Å². The summed E-state index contributed by atoms with van der Waals surface area (Å²) in [7, 11) is 3.26. The van der Waals surface area contributed by atoms with E-state index in [9.17, 15) is 13.2 Å². The Morgan fingerprint density at radius 1 is 1.12 bits per heavy atom. The second kappa shape index (κ2) is 7.37. The van der Waals surface area contributed by atoms with Crippen molar-refractivity contribution in [3.05, 3.63) is 42.1 Å². The van der Waals surface area contributed by atoms with Gasteiger partial charge in [-0.15, -0.1) is 0 Å². The summed E-state index contributed by atoms with van der Waals surface area (Å²) >= 11 is 0. The van der Waals surface area contributed by atoms with E-state index in [1.54, 1.807) is 14.1 Å². The van der Waals surface area contributed by atoms with Crippen LogP contribution in [0.15, 0.2) is 36.4 Å². The first-order valence-electron chi connectivity index (χ1n) is 7.45. The van der Waals surface area contributed by atoms with Crippen molar-refractivity contribution in [2.75, 3.05) is 36.2 Å². The van der Waals surface area contributed by atoms with E-state index in [4.69, 9.17) is 0 Å². The van der Waals surface area contributed by atoms with Gasteiger partial charge in [0.2, 0.25) is 5.95 Å². The number of anilines is 3. The van der Waals surface area contributed by atoms with Crippen LogP contribution < -0.4 is 15.5 Å². The third-order valence-corrected chi connectivity index (χ3v) is 3.21. The van der Waals surface area contributed by atoms with Crippen LogP contribution in [-0.2, 0) is 6.18 Å². The van der Waals surface area contributed by atoms with Crippen LogP contribution in [0.2, 0.25) is 0 Å². The zero-order valence-electron chi connectivity index (χ0n) is 13.7. The fraction of sp³-hybridized carbons (Fsp3) is 0.375. The van der Waals surface area contributed by atoms with E-state index in [-0.39, 0.29) is 17.8 Å². The summed E-state index contributed by atoms with van der Waals surface area (Å²) in [6.07, 6.45) is -4.52. The maximum absolute atomic E-state index is 12.9. The van der Waals surface area contributed by atoms with Crippen LogP contribution in [-0.4, -0.2) is 36.6 Å². The molecule has 0 bridgehead atoms. The molecule has 5 nitrogen and oxygen atoms in total. The molecule has 1 aromatic carbocycles. The van der Waals surface area contributed by atoms with Gasteiger partial charge in [0.1, 0.15) is 5.82 Å². The fourth-order valence-electron chi connectivity index (χ4n) is 2.00. The number of para-hydroxylation sites is 1. The second-order valence-corrected chi connectivity index (χ2v) is 5.62. The van der Waals surface area contributed by atoms with E-state index in [2.05, 4.69) is 20.6 Å². The third kappa shape index (κ3) is 5.00. The molecule has 0 spiro atoms. The number of alkyl halides is 3. The number of nitrogens with one attached hydrogen (secondary N) is 2. The van der Waals surface area contributed by atoms with Crippen LogP contribution in [0.5, 0.6) is 0 Å². The zero-order chi connectivity index (χ0) is 17.7. The molecule has 0 aliphatic carbocycles. The first-order valence-corrected chi connectivity index (χ1v) is 7.45. The molecule has 1 unspecified atom stereocenters. The van der Waals surface area contributed by atoms with Gasteiger partial charge in [-0.2, -0.15) is 18.2 Å². The Morgan fingerprint density at radius 2 is 1.79 bits per heavy atom. The molecule has 1 heterocycles. The highest BCUT2D eigenvalue weighted by Crippen LogP contribution is 2.30. The van der Waals surface area contributed by atoms with Gasteiger partial charge in [-0.1, -0.05) is 18.2 Å². The van der Waals surface area contributed by atoms with Gasteiger partial charge in [-0.25, -0.2) is 4.98 Å². The van der Waals surface area contributed by atoms with E-state index in [0.29, 0.717) is 6.54 Å². The minimum absolute atomic E-state index is 0.0200. The predicted octanol–water partition coefficient (Wildman–Crippen LogP) is 3.47. The van der Waals surface area contributed by atoms with Gasteiger partial charge in [0.15, 0.2) is 5.69 Å². The highest BCUT2D eigenvalue weighted by molar-refractivity contribution is 5.46. The Kier molecular flexibility index (Phi) is 5.48. The fourth-order valence-corrected chi connectivity index (χ4v) is 2.00. The van der Waals surface area contributed by atoms with Gasteiger partial charge >= 0.3 is 6.18 Å². The molecule has 0 aliphatic heterocycles. The Balaban J connectivity index is 2.07. The molecule has 2 aromatic rings. The Bertz CT molecular complexity index is 659. The van der Waals surface area contributed by atoms with Crippen LogP contribution >= 0.6 is 0 Å². The smallest absolute Gasteiger partial charge is 0.381 e.